The normalized spacial score (nSPS) is 30.1. The summed E-state index contributed by atoms with van der Waals surface area (Å²) in [6.45, 7) is 5.54. The predicted octanol–water partition coefficient (Wildman–Crippen LogP) is 2.28. The summed E-state index contributed by atoms with van der Waals surface area (Å²) in [5.74, 6) is 0. The zero-order chi connectivity index (χ0) is 15.8. The Balaban J connectivity index is 2.07. The van der Waals surface area contributed by atoms with Crippen LogP contribution in [0.2, 0.25) is 0 Å². The molecule has 7 heteroatoms. The fourth-order valence-corrected chi connectivity index (χ4v) is 3.92. The van der Waals surface area contributed by atoms with Crippen molar-refractivity contribution in [3.63, 3.8) is 0 Å². The Labute approximate surface area is 126 Å². The minimum absolute atomic E-state index is 0.0131. The standard InChI is InChI=1S/C14H25NO5S/c1-14(2,3)19-13(16)15-10-6-5-7-11(15)9-12(8-10)20-21(4,17)18/h10-12H,5-9H2,1-4H3/t10-,11+,12?. The molecule has 0 aromatic heterocycles. The molecule has 21 heavy (non-hydrogen) atoms. The van der Waals surface area contributed by atoms with E-state index in [0.29, 0.717) is 12.8 Å². The number of nitrogens with zero attached hydrogens (tertiary/aromatic N) is 1. The van der Waals surface area contributed by atoms with Gasteiger partial charge in [-0.15, -0.1) is 0 Å². The molecule has 2 saturated heterocycles. The van der Waals surface area contributed by atoms with Gasteiger partial charge in [-0.05, 0) is 52.9 Å². The lowest BCUT2D eigenvalue weighted by Gasteiger charge is -2.48. The maximum Gasteiger partial charge on any atom is 0.410 e. The van der Waals surface area contributed by atoms with E-state index in [1.54, 1.807) is 4.90 Å². The van der Waals surface area contributed by atoms with Crippen molar-refractivity contribution in [2.75, 3.05) is 6.26 Å². The number of piperidine rings is 2. The van der Waals surface area contributed by atoms with E-state index in [1.165, 1.54) is 0 Å². The van der Waals surface area contributed by atoms with Crippen LogP contribution < -0.4 is 0 Å². The summed E-state index contributed by atoms with van der Waals surface area (Å²) in [5.41, 5.74) is -0.522. The van der Waals surface area contributed by atoms with Crippen LogP contribution in [0.15, 0.2) is 0 Å². The number of carbonyl (C=O) groups excluding carboxylic acids is 1. The third-order valence-corrected chi connectivity index (χ3v) is 4.47. The van der Waals surface area contributed by atoms with Gasteiger partial charge in [0.05, 0.1) is 12.4 Å². The Kier molecular flexibility index (Phi) is 4.54. The van der Waals surface area contributed by atoms with Crippen LogP contribution in [-0.2, 0) is 19.0 Å². The fourth-order valence-electron chi connectivity index (χ4n) is 3.27. The topological polar surface area (TPSA) is 72.9 Å². The van der Waals surface area contributed by atoms with Gasteiger partial charge in [-0.3, -0.25) is 4.18 Å². The number of carbonyl (C=O) groups is 1. The number of amides is 1. The molecule has 2 aliphatic rings. The van der Waals surface area contributed by atoms with Gasteiger partial charge in [0.1, 0.15) is 5.60 Å². The molecule has 2 aliphatic heterocycles. The highest BCUT2D eigenvalue weighted by atomic mass is 32.2. The molecule has 0 aromatic rings. The van der Waals surface area contributed by atoms with E-state index in [4.69, 9.17) is 8.92 Å². The summed E-state index contributed by atoms with van der Waals surface area (Å²) >= 11 is 0. The highest BCUT2D eigenvalue weighted by molar-refractivity contribution is 7.86. The van der Waals surface area contributed by atoms with Crippen LogP contribution in [0.5, 0.6) is 0 Å². The predicted molar refractivity (Wildman–Crippen MR) is 78.5 cm³/mol. The van der Waals surface area contributed by atoms with Crippen molar-refractivity contribution in [1.82, 2.24) is 4.90 Å². The molecule has 0 saturated carbocycles. The molecule has 0 spiro atoms. The van der Waals surface area contributed by atoms with E-state index >= 15 is 0 Å². The Morgan fingerprint density at radius 3 is 2.10 bits per heavy atom. The van der Waals surface area contributed by atoms with Crippen LogP contribution >= 0.6 is 0 Å². The number of hydrogen-bond acceptors (Lipinski definition) is 5. The first-order chi connectivity index (χ1) is 9.55. The molecule has 6 nitrogen and oxygen atoms in total. The van der Waals surface area contributed by atoms with Crippen molar-refractivity contribution in [1.29, 1.82) is 0 Å². The monoisotopic (exact) mass is 319 g/mol. The van der Waals surface area contributed by atoms with Gasteiger partial charge in [0, 0.05) is 12.1 Å². The lowest BCUT2D eigenvalue weighted by atomic mass is 9.83. The van der Waals surface area contributed by atoms with E-state index in [-0.39, 0.29) is 24.3 Å². The molecule has 0 N–H and O–H groups in total. The van der Waals surface area contributed by atoms with E-state index in [2.05, 4.69) is 0 Å². The summed E-state index contributed by atoms with van der Waals surface area (Å²) in [6, 6.07) is 0.0261. The number of rotatable bonds is 2. The lowest BCUT2D eigenvalue weighted by molar-refractivity contribution is -0.0393. The number of fused-ring (bicyclic) bond motifs is 2. The Bertz CT molecular complexity index is 482. The van der Waals surface area contributed by atoms with Crippen molar-refractivity contribution in [3.05, 3.63) is 0 Å². The van der Waals surface area contributed by atoms with Gasteiger partial charge in [-0.2, -0.15) is 8.42 Å². The lowest BCUT2D eigenvalue weighted by Crippen LogP contribution is -2.57. The molecule has 0 aliphatic carbocycles. The highest BCUT2D eigenvalue weighted by Crippen LogP contribution is 2.36. The molecule has 122 valence electrons. The average Bonchev–Trinajstić information content (AvgIpc) is 2.22. The Morgan fingerprint density at radius 2 is 1.67 bits per heavy atom. The van der Waals surface area contributed by atoms with Gasteiger partial charge in [0.15, 0.2) is 0 Å². The third-order valence-electron chi connectivity index (χ3n) is 3.85. The average molecular weight is 319 g/mol. The second-order valence-corrected chi connectivity index (χ2v) is 8.62. The first-order valence-electron chi connectivity index (χ1n) is 7.45. The molecule has 2 rings (SSSR count). The molecule has 2 heterocycles. The second-order valence-electron chi connectivity index (χ2n) is 7.02. The molecule has 1 amide bonds. The molecular weight excluding hydrogens is 294 g/mol. The molecule has 2 fully saturated rings. The number of ether oxygens (including phenoxy) is 1. The summed E-state index contributed by atoms with van der Waals surface area (Å²) in [5, 5.41) is 0. The van der Waals surface area contributed by atoms with Gasteiger partial charge >= 0.3 is 6.09 Å². The first-order valence-corrected chi connectivity index (χ1v) is 9.26. The molecular formula is C14H25NO5S. The molecule has 2 bridgehead atoms. The van der Waals surface area contributed by atoms with Gasteiger partial charge in [0.25, 0.3) is 10.1 Å². The van der Waals surface area contributed by atoms with Crippen molar-refractivity contribution >= 4 is 16.2 Å². The van der Waals surface area contributed by atoms with Crippen LogP contribution in [0, 0.1) is 0 Å². The van der Waals surface area contributed by atoms with Crippen molar-refractivity contribution in [3.8, 4) is 0 Å². The van der Waals surface area contributed by atoms with Crippen LogP contribution in [-0.4, -0.2) is 49.5 Å². The summed E-state index contributed by atoms with van der Waals surface area (Å²) in [6.07, 6.45) is 4.37. The van der Waals surface area contributed by atoms with Gasteiger partial charge in [-0.25, -0.2) is 4.79 Å². The molecule has 0 aromatic carbocycles. The Hall–Kier alpha value is -0.820. The maximum absolute atomic E-state index is 12.4. The molecule has 1 unspecified atom stereocenters. The maximum atomic E-state index is 12.4. The van der Waals surface area contributed by atoms with Gasteiger partial charge in [0.2, 0.25) is 0 Å². The zero-order valence-corrected chi connectivity index (χ0v) is 14.0. The third kappa shape index (κ3) is 4.57. The summed E-state index contributed by atoms with van der Waals surface area (Å²) in [4.78, 5) is 14.2. The SMILES string of the molecule is CC(C)(C)OC(=O)N1[C@@H]2CCC[C@H]1CC(OS(C)(=O)=O)C2. The van der Waals surface area contributed by atoms with Crippen LogP contribution in [0.25, 0.3) is 0 Å². The van der Waals surface area contributed by atoms with Crippen molar-refractivity contribution in [2.45, 2.75) is 76.7 Å². The first kappa shape index (κ1) is 16.5. The quantitative estimate of drug-likeness (QED) is 0.730. The molecule has 3 atom stereocenters. The smallest absolute Gasteiger partial charge is 0.410 e. The van der Waals surface area contributed by atoms with E-state index in [1.807, 2.05) is 20.8 Å². The zero-order valence-electron chi connectivity index (χ0n) is 13.2. The van der Waals surface area contributed by atoms with Crippen LogP contribution in [0.3, 0.4) is 0 Å². The fraction of sp³-hybridized carbons (Fsp3) is 0.929. The number of hydrogen-bond donors (Lipinski definition) is 0. The van der Waals surface area contributed by atoms with E-state index in [0.717, 1.165) is 25.5 Å². The van der Waals surface area contributed by atoms with Gasteiger partial charge < -0.3 is 9.64 Å². The Morgan fingerprint density at radius 1 is 1.14 bits per heavy atom. The van der Waals surface area contributed by atoms with E-state index < -0.39 is 15.7 Å². The summed E-state index contributed by atoms with van der Waals surface area (Å²) < 4.78 is 33.2. The summed E-state index contributed by atoms with van der Waals surface area (Å²) in [7, 11) is -3.46. The van der Waals surface area contributed by atoms with E-state index in [9.17, 15) is 13.2 Å². The minimum atomic E-state index is -3.46. The minimum Gasteiger partial charge on any atom is -0.444 e. The van der Waals surface area contributed by atoms with Crippen molar-refractivity contribution < 1.29 is 22.1 Å². The second kappa shape index (κ2) is 5.76. The van der Waals surface area contributed by atoms with Crippen LogP contribution in [0.4, 0.5) is 4.79 Å². The van der Waals surface area contributed by atoms with Crippen LogP contribution in [0.1, 0.15) is 52.9 Å². The largest absolute Gasteiger partial charge is 0.444 e. The highest BCUT2D eigenvalue weighted by Gasteiger charge is 2.43. The molecule has 0 radical (unpaired) electrons. The van der Waals surface area contributed by atoms with Gasteiger partial charge in [-0.1, -0.05) is 0 Å². The van der Waals surface area contributed by atoms with Crippen molar-refractivity contribution in [2.24, 2.45) is 0 Å².